The SMILES string of the molecule is COc1ccc(C)cc1CCC(C)(C)CNC(C)C. The number of hydrogen-bond acceptors (Lipinski definition) is 2. The van der Waals surface area contributed by atoms with Crippen LogP contribution in [0.15, 0.2) is 18.2 Å². The highest BCUT2D eigenvalue weighted by molar-refractivity contribution is 5.37. The largest absolute Gasteiger partial charge is 0.496 e. The molecule has 1 aromatic rings. The molecule has 2 heteroatoms. The molecule has 0 bridgehead atoms. The molecule has 1 rings (SSSR count). The van der Waals surface area contributed by atoms with Crippen LogP contribution < -0.4 is 10.1 Å². The fourth-order valence-electron chi connectivity index (χ4n) is 2.14. The Hall–Kier alpha value is -1.02. The summed E-state index contributed by atoms with van der Waals surface area (Å²) in [6.07, 6.45) is 2.23. The highest BCUT2D eigenvalue weighted by atomic mass is 16.5. The molecule has 0 aliphatic heterocycles. The first-order valence-corrected chi connectivity index (χ1v) is 7.21. The van der Waals surface area contributed by atoms with Crippen LogP contribution in [0, 0.1) is 12.3 Å². The van der Waals surface area contributed by atoms with Crippen molar-refractivity contribution in [1.29, 1.82) is 0 Å². The molecule has 0 heterocycles. The second-order valence-electron chi connectivity index (χ2n) is 6.52. The zero-order valence-electron chi connectivity index (χ0n) is 13.3. The van der Waals surface area contributed by atoms with Crippen molar-refractivity contribution in [2.24, 2.45) is 5.41 Å². The molecule has 1 aromatic carbocycles. The Morgan fingerprint density at radius 1 is 1.26 bits per heavy atom. The van der Waals surface area contributed by atoms with Gasteiger partial charge < -0.3 is 10.1 Å². The molecule has 19 heavy (non-hydrogen) atoms. The van der Waals surface area contributed by atoms with Crippen molar-refractivity contribution < 1.29 is 4.74 Å². The van der Waals surface area contributed by atoms with Gasteiger partial charge in [0.05, 0.1) is 7.11 Å². The predicted molar refractivity (Wildman–Crippen MR) is 83.0 cm³/mol. The molecule has 0 aliphatic carbocycles. The quantitative estimate of drug-likeness (QED) is 0.804. The molecular weight excluding hydrogens is 234 g/mol. The minimum atomic E-state index is 0.305. The topological polar surface area (TPSA) is 21.3 Å². The van der Waals surface area contributed by atoms with Crippen LogP contribution in [0.4, 0.5) is 0 Å². The maximum Gasteiger partial charge on any atom is 0.122 e. The molecule has 0 spiro atoms. The zero-order valence-corrected chi connectivity index (χ0v) is 13.3. The molecular formula is C17H29NO. The average Bonchev–Trinajstić information content (AvgIpc) is 2.34. The number of benzene rings is 1. The second kappa shape index (κ2) is 6.95. The molecule has 0 unspecified atom stereocenters. The molecule has 0 amide bonds. The van der Waals surface area contributed by atoms with Crippen LogP contribution in [0.3, 0.4) is 0 Å². The first kappa shape index (κ1) is 16.0. The lowest BCUT2D eigenvalue weighted by molar-refractivity contribution is 0.302. The minimum absolute atomic E-state index is 0.305. The van der Waals surface area contributed by atoms with Crippen LogP contribution in [0.2, 0.25) is 0 Å². The molecule has 2 nitrogen and oxygen atoms in total. The van der Waals surface area contributed by atoms with E-state index in [0.717, 1.165) is 25.1 Å². The highest BCUT2D eigenvalue weighted by Crippen LogP contribution is 2.27. The van der Waals surface area contributed by atoms with Crippen LogP contribution in [0.25, 0.3) is 0 Å². The zero-order chi connectivity index (χ0) is 14.5. The fourth-order valence-corrected chi connectivity index (χ4v) is 2.14. The van der Waals surface area contributed by atoms with Gasteiger partial charge in [-0.2, -0.15) is 0 Å². The monoisotopic (exact) mass is 263 g/mol. The van der Waals surface area contributed by atoms with Gasteiger partial charge in [0.1, 0.15) is 5.75 Å². The van der Waals surface area contributed by atoms with E-state index in [-0.39, 0.29) is 0 Å². The maximum atomic E-state index is 5.45. The van der Waals surface area contributed by atoms with Gasteiger partial charge in [0.2, 0.25) is 0 Å². The molecule has 0 atom stereocenters. The van der Waals surface area contributed by atoms with E-state index >= 15 is 0 Å². The van der Waals surface area contributed by atoms with Crippen LogP contribution in [-0.4, -0.2) is 19.7 Å². The Bertz CT molecular complexity index is 396. The summed E-state index contributed by atoms with van der Waals surface area (Å²) in [6, 6.07) is 6.97. The van der Waals surface area contributed by atoms with Gasteiger partial charge in [0.25, 0.3) is 0 Å². The van der Waals surface area contributed by atoms with E-state index < -0.39 is 0 Å². The van der Waals surface area contributed by atoms with Gasteiger partial charge in [-0.15, -0.1) is 0 Å². The number of hydrogen-bond donors (Lipinski definition) is 1. The lowest BCUT2D eigenvalue weighted by Crippen LogP contribution is -2.34. The summed E-state index contributed by atoms with van der Waals surface area (Å²) >= 11 is 0. The van der Waals surface area contributed by atoms with Gasteiger partial charge in [-0.25, -0.2) is 0 Å². The van der Waals surface area contributed by atoms with Crippen molar-refractivity contribution in [1.82, 2.24) is 5.32 Å². The van der Waals surface area contributed by atoms with Gasteiger partial charge in [0, 0.05) is 12.6 Å². The first-order valence-electron chi connectivity index (χ1n) is 7.21. The molecule has 0 saturated heterocycles. The third kappa shape index (κ3) is 5.65. The number of methoxy groups -OCH3 is 1. The van der Waals surface area contributed by atoms with E-state index in [1.165, 1.54) is 11.1 Å². The summed E-state index contributed by atoms with van der Waals surface area (Å²) in [4.78, 5) is 0. The van der Waals surface area contributed by atoms with Crippen LogP contribution in [0.1, 0.15) is 45.2 Å². The summed E-state index contributed by atoms with van der Waals surface area (Å²) in [7, 11) is 1.75. The van der Waals surface area contributed by atoms with Crippen molar-refractivity contribution in [3.8, 4) is 5.75 Å². The van der Waals surface area contributed by atoms with E-state index in [1.54, 1.807) is 7.11 Å². The number of nitrogens with one attached hydrogen (secondary N) is 1. The molecule has 0 aliphatic rings. The molecule has 108 valence electrons. The van der Waals surface area contributed by atoms with Crippen molar-refractivity contribution >= 4 is 0 Å². The number of ether oxygens (including phenoxy) is 1. The van der Waals surface area contributed by atoms with Gasteiger partial charge in [-0.1, -0.05) is 45.4 Å². The standard InChI is InChI=1S/C17H29NO/c1-13(2)18-12-17(4,5)10-9-15-11-14(3)7-8-16(15)19-6/h7-8,11,13,18H,9-10,12H2,1-6H3. The Balaban J connectivity index is 2.62. The smallest absolute Gasteiger partial charge is 0.122 e. The Labute approximate surface area is 118 Å². The average molecular weight is 263 g/mol. The van der Waals surface area contributed by atoms with Gasteiger partial charge >= 0.3 is 0 Å². The second-order valence-corrected chi connectivity index (χ2v) is 6.52. The van der Waals surface area contributed by atoms with Crippen LogP contribution >= 0.6 is 0 Å². The Morgan fingerprint density at radius 2 is 1.95 bits per heavy atom. The third-order valence-corrected chi connectivity index (χ3v) is 3.50. The lowest BCUT2D eigenvalue weighted by Gasteiger charge is -2.26. The number of rotatable bonds is 7. The molecule has 0 aromatic heterocycles. The van der Waals surface area contributed by atoms with Gasteiger partial charge in [-0.3, -0.25) is 0 Å². The van der Waals surface area contributed by atoms with Crippen molar-refractivity contribution in [2.75, 3.05) is 13.7 Å². The molecule has 0 fully saturated rings. The van der Waals surface area contributed by atoms with Crippen LogP contribution in [0.5, 0.6) is 5.75 Å². The Morgan fingerprint density at radius 3 is 2.53 bits per heavy atom. The lowest BCUT2D eigenvalue weighted by atomic mass is 9.85. The highest BCUT2D eigenvalue weighted by Gasteiger charge is 2.18. The predicted octanol–water partition coefficient (Wildman–Crippen LogP) is 3.96. The first-order chi connectivity index (χ1) is 8.84. The molecule has 0 saturated carbocycles. The van der Waals surface area contributed by atoms with Crippen molar-refractivity contribution in [2.45, 2.75) is 53.5 Å². The van der Waals surface area contributed by atoms with Crippen molar-refractivity contribution in [3.05, 3.63) is 29.3 Å². The molecule has 1 N–H and O–H groups in total. The van der Waals surface area contributed by atoms with E-state index in [2.05, 4.69) is 58.1 Å². The molecule has 0 radical (unpaired) electrons. The summed E-state index contributed by atoms with van der Waals surface area (Å²) < 4.78 is 5.45. The minimum Gasteiger partial charge on any atom is -0.496 e. The summed E-state index contributed by atoms with van der Waals surface area (Å²) in [6.45, 7) is 12.2. The normalized spacial score (nSPS) is 11.9. The summed E-state index contributed by atoms with van der Waals surface area (Å²) in [5.74, 6) is 1.01. The summed E-state index contributed by atoms with van der Waals surface area (Å²) in [5, 5.41) is 3.53. The van der Waals surface area contributed by atoms with Gasteiger partial charge in [-0.05, 0) is 36.8 Å². The Kier molecular flexibility index (Phi) is 5.86. The van der Waals surface area contributed by atoms with E-state index in [9.17, 15) is 0 Å². The number of aryl methyl sites for hydroxylation is 2. The van der Waals surface area contributed by atoms with E-state index in [1.807, 2.05) is 0 Å². The third-order valence-electron chi connectivity index (χ3n) is 3.50. The van der Waals surface area contributed by atoms with Crippen LogP contribution in [-0.2, 0) is 6.42 Å². The van der Waals surface area contributed by atoms with Gasteiger partial charge in [0.15, 0.2) is 0 Å². The van der Waals surface area contributed by atoms with Crippen molar-refractivity contribution in [3.63, 3.8) is 0 Å². The van der Waals surface area contributed by atoms with E-state index in [4.69, 9.17) is 4.74 Å². The van der Waals surface area contributed by atoms with E-state index in [0.29, 0.717) is 11.5 Å². The fraction of sp³-hybridized carbons (Fsp3) is 0.647. The summed E-state index contributed by atoms with van der Waals surface area (Å²) in [5.41, 5.74) is 2.92. The maximum absolute atomic E-state index is 5.45.